The third-order valence-corrected chi connectivity index (χ3v) is 3.17. The molecule has 0 unspecified atom stereocenters. The Morgan fingerprint density at radius 2 is 1.92 bits per heavy atom. The van der Waals surface area contributed by atoms with Crippen LogP contribution in [0.1, 0.15) is 39.5 Å². The van der Waals surface area contributed by atoms with Gasteiger partial charge in [-0.15, -0.1) is 0 Å². The zero-order chi connectivity index (χ0) is 9.19. The minimum absolute atomic E-state index is 0.263. The minimum atomic E-state index is -0.263. The molecule has 0 amide bonds. The van der Waals surface area contributed by atoms with Gasteiger partial charge >= 0.3 is 0 Å². The average Bonchev–Trinajstić information content (AvgIpc) is 2.03. The molecule has 1 aliphatic rings. The molecule has 0 saturated heterocycles. The van der Waals surface area contributed by atoms with Gasteiger partial charge in [-0.3, -0.25) is 0 Å². The smallest absolute Gasteiger partial charge is 0.0690 e. The maximum absolute atomic E-state index is 9.53. The van der Waals surface area contributed by atoms with Crippen LogP contribution < -0.4 is 5.73 Å². The molecule has 1 fully saturated rings. The van der Waals surface area contributed by atoms with Gasteiger partial charge in [0.2, 0.25) is 0 Å². The third-order valence-electron chi connectivity index (χ3n) is 3.17. The summed E-state index contributed by atoms with van der Waals surface area (Å²) >= 11 is 0. The van der Waals surface area contributed by atoms with E-state index in [1.54, 1.807) is 0 Å². The second kappa shape index (κ2) is 3.75. The van der Waals surface area contributed by atoms with Crippen LogP contribution in [0.5, 0.6) is 0 Å². The second-order valence-corrected chi connectivity index (χ2v) is 4.80. The van der Waals surface area contributed by atoms with E-state index in [-0.39, 0.29) is 6.10 Å². The fraction of sp³-hybridized carbons (Fsp3) is 1.00. The minimum Gasteiger partial charge on any atom is -0.392 e. The van der Waals surface area contributed by atoms with Crippen molar-refractivity contribution in [2.75, 3.05) is 6.54 Å². The van der Waals surface area contributed by atoms with Gasteiger partial charge in [0, 0.05) is 6.54 Å². The SMILES string of the molecule is CC1(C)CCC([C@H](O)CN)CC1. The van der Waals surface area contributed by atoms with Crippen molar-refractivity contribution in [1.29, 1.82) is 0 Å². The standard InChI is InChI=1S/C10H21NO/c1-10(2)5-3-8(4-6-10)9(12)7-11/h8-9,12H,3-7,11H2,1-2H3/t9-/m1/s1. The normalized spacial score (nSPS) is 27.0. The highest BCUT2D eigenvalue weighted by molar-refractivity contribution is 4.82. The molecule has 0 bridgehead atoms. The van der Waals surface area contributed by atoms with Crippen molar-refractivity contribution in [2.45, 2.75) is 45.6 Å². The van der Waals surface area contributed by atoms with E-state index < -0.39 is 0 Å². The highest BCUT2D eigenvalue weighted by atomic mass is 16.3. The molecule has 2 heteroatoms. The maximum Gasteiger partial charge on any atom is 0.0690 e. The molecule has 0 heterocycles. The van der Waals surface area contributed by atoms with Gasteiger partial charge in [0.05, 0.1) is 6.10 Å². The lowest BCUT2D eigenvalue weighted by Gasteiger charge is -2.36. The van der Waals surface area contributed by atoms with E-state index in [1.807, 2.05) is 0 Å². The largest absolute Gasteiger partial charge is 0.392 e. The average molecular weight is 171 g/mol. The van der Waals surface area contributed by atoms with Crippen molar-refractivity contribution in [3.05, 3.63) is 0 Å². The van der Waals surface area contributed by atoms with Crippen molar-refractivity contribution in [3.63, 3.8) is 0 Å². The summed E-state index contributed by atoms with van der Waals surface area (Å²) in [5.74, 6) is 0.461. The first kappa shape index (κ1) is 10.0. The summed E-state index contributed by atoms with van der Waals surface area (Å²) in [7, 11) is 0. The van der Waals surface area contributed by atoms with Gasteiger partial charge in [-0.25, -0.2) is 0 Å². The summed E-state index contributed by atoms with van der Waals surface area (Å²) in [6.45, 7) is 5.03. The number of aliphatic hydroxyl groups is 1. The fourth-order valence-corrected chi connectivity index (χ4v) is 2.00. The summed E-state index contributed by atoms with van der Waals surface area (Å²) in [6.07, 6.45) is 4.49. The monoisotopic (exact) mass is 171 g/mol. The highest BCUT2D eigenvalue weighted by Gasteiger charge is 2.29. The van der Waals surface area contributed by atoms with Crippen LogP contribution in [0.25, 0.3) is 0 Å². The van der Waals surface area contributed by atoms with E-state index in [1.165, 1.54) is 12.8 Å². The number of aliphatic hydroxyl groups excluding tert-OH is 1. The third kappa shape index (κ3) is 2.46. The molecular weight excluding hydrogens is 150 g/mol. The Hall–Kier alpha value is -0.0800. The number of hydrogen-bond donors (Lipinski definition) is 2. The predicted octanol–water partition coefficient (Wildman–Crippen LogP) is 1.52. The zero-order valence-electron chi connectivity index (χ0n) is 8.21. The van der Waals surface area contributed by atoms with Crippen molar-refractivity contribution in [3.8, 4) is 0 Å². The van der Waals surface area contributed by atoms with Crippen LogP contribution in [0.3, 0.4) is 0 Å². The van der Waals surface area contributed by atoms with Gasteiger partial charge in [0.25, 0.3) is 0 Å². The Morgan fingerprint density at radius 1 is 1.42 bits per heavy atom. The van der Waals surface area contributed by atoms with E-state index in [0.717, 1.165) is 12.8 Å². The topological polar surface area (TPSA) is 46.2 Å². The molecule has 0 aliphatic heterocycles. The summed E-state index contributed by atoms with van der Waals surface area (Å²) in [5, 5.41) is 9.53. The van der Waals surface area contributed by atoms with Crippen molar-refractivity contribution in [1.82, 2.24) is 0 Å². The van der Waals surface area contributed by atoms with Crippen LogP contribution in [-0.2, 0) is 0 Å². The molecular formula is C10H21NO. The molecule has 1 atom stereocenters. The van der Waals surface area contributed by atoms with E-state index in [9.17, 15) is 5.11 Å². The van der Waals surface area contributed by atoms with Crippen molar-refractivity contribution >= 4 is 0 Å². The Labute approximate surface area is 75.2 Å². The number of nitrogens with two attached hydrogens (primary N) is 1. The highest BCUT2D eigenvalue weighted by Crippen LogP contribution is 2.38. The summed E-state index contributed by atoms with van der Waals surface area (Å²) < 4.78 is 0. The van der Waals surface area contributed by atoms with Crippen LogP contribution in [0, 0.1) is 11.3 Å². The van der Waals surface area contributed by atoms with E-state index >= 15 is 0 Å². The van der Waals surface area contributed by atoms with Crippen molar-refractivity contribution < 1.29 is 5.11 Å². The van der Waals surface area contributed by atoms with Gasteiger partial charge in [0.1, 0.15) is 0 Å². The molecule has 1 rings (SSSR count). The molecule has 0 spiro atoms. The van der Waals surface area contributed by atoms with E-state index in [2.05, 4.69) is 13.8 Å². The van der Waals surface area contributed by atoms with Gasteiger partial charge in [-0.05, 0) is 37.0 Å². The Balaban J connectivity index is 2.36. The first-order valence-corrected chi connectivity index (χ1v) is 4.93. The molecule has 0 aromatic rings. The quantitative estimate of drug-likeness (QED) is 0.661. The summed E-state index contributed by atoms with van der Waals surface area (Å²) in [4.78, 5) is 0. The van der Waals surface area contributed by atoms with Crippen LogP contribution in [0.15, 0.2) is 0 Å². The molecule has 3 N–H and O–H groups in total. The Kier molecular flexibility index (Phi) is 3.13. The lowest BCUT2D eigenvalue weighted by atomic mass is 9.71. The Morgan fingerprint density at radius 3 is 2.33 bits per heavy atom. The molecule has 0 radical (unpaired) electrons. The lowest BCUT2D eigenvalue weighted by Crippen LogP contribution is -2.33. The van der Waals surface area contributed by atoms with Crippen LogP contribution >= 0.6 is 0 Å². The van der Waals surface area contributed by atoms with E-state index in [0.29, 0.717) is 17.9 Å². The number of hydrogen-bond acceptors (Lipinski definition) is 2. The lowest BCUT2D eigenvalue weighted by molar-refractivity contribution is 0.0632. The summed E-state index contributed by atoms with van der Waals surface area (Å²) in [6, 6.07) is 0. The molecule has 0 aromatic heterocycles. The first-order chi connectivity index (χ1) is 5.55. The van der Waals surface area contributed by atoms with Gasteiger partial charge in [0.15, 0.2) is 0 Å². The van der Waals surface area contributed by atoms with Crippen LogP contribution in [-0.4, -0.2) is 17.8 Å². The first-order valence-electron chi connectivity index (χ1n) is 4.93. The fourth-order valence-electron chi connectivity index (χ4n) is 2.00. The van der Waals surface area contributed by atoms with Gasteiger partial charge in [-0.2, -0.15) is 0 Å². The predicted molar refractivity (Wildman–Crippen MR) is 50.8 cm³/mol. The zero-order valence-corrected chi connectivity index (χ0v) is 8.21. The summed E-state index contributed by atoms with van der Waals surface area (Å²) in [5.41, 5.74) is 5.91. The molecule has 1 saturated carbocycles. The number of rotatable bonds is 2. The van der Waals surface area contributed by atoms with Gasteiger partial charge < -0.3 is 10.8 Å². The van der Waals surface area contributed by atoms with Crippen molar-refractivity contribution in [2.24, 2.45) is 17.1 Å². The molecule has 2 nitrogen and oxygen atoms in total. The Bertz CT molecular complexity index is 135. The van der Waals surface area contributed by atoms with E-state index in [4.69, 9.17) is 5.73 Å². The van der Waals surface area contributed by atoms with Crippen LogP contribution in [0.2, 0.25) is 0 Å². The van der Waals surface area contributed by atoms with Gasteiger partial charge in [-0.1, -0.05) is 13.8 Å². The molecule has 72 valence electrons. The molecule has 12 heavy (non-hydrogen) atoms. The molecule has 0 aromatic carbocycles. The van der Waals surface area contributed by atoms with Crippen LogP contribution in [0.4, 0.5) is 0 Å². The second-order valence-electron chi connectivity index (χ2n) is 4.80. The molecule has 1 aliphatic carbocycles. The maximum atomic E-state index is 9.53.